The van der Waals surface area contributed by atoms with Crippen molar-refractivity contribution in [3.63, 3.8) is 0 Å². The molecule has 414 valence electrons. The van der Waals surface area contributed by atoms with Gasteiger partial charge in [0.25, 0.3) is 11.8 Å². The summed E-state index contributed by atoms with van der Waals surface area (Å²) in [6, 6.07) is 10.0. The highest BCUT2D eigenvalue weighted by Crippen LogP contribution is 2.43. The minimum atomic E-state index is -1.51. The quantitative estimate of drug-likeness (QED) is 0.0634. The van der Waals surface area contributed by atoms with Crippen LogP contribution in [0.4, 0.5) is 21.9 Å². The van der Waals surface area contributed by atoms with Gasteiger partial charge >= 0.3 is 6.09 Å². The van der Waals surface area contributed by atoms with E-state index >= 15 is 0 Å². The van der Waals surface area contributed by atoms with Crippen LogP contribution in [-0.2, 0) is 30.5 Å². The van der Waals surface area contributed by atoms with Gasteiger partial charge in [-0.25, -0.2) is 9.69 Å². The topological polar surface area (TPSA) is 256 Å². The highest BCUT2D eigenvalue weighted by atomic mass is 16.6. The smallest absolute Gasteiger partial charge is 0.416 e. The number of aliphatic hydroxyl groups is 2. The first-order valence-electron chi connectivity index (χ1n) is 25.8. The number of nitrogens with zero attached hydrogens (tertiary/aromatic N) is 4. The van der Waals surface area contributed by atoms with Crippen LogP contribution < -0.4 is 39.8 Å². The molecule has 0 saturated carbocycles. The lowest BCUT2D eigenvalue weighted by Crippen LogP contribution is -2.53. The molecule has 0 bridgehead atoms. The number of hydrogen-bond acceptors (Lipinski definition) is 15. The van der Waals surface area contributed by atoms with Crippen LogP contribution in [0.3, 0.4) is 0 Å². The third-order valence-electron chi connectivity index (χ3n) is 13.5. The lowest BCUT2D eigenvalue weighted by atomic mass is 10.0. The van der Waals surface area contributed by atoms with E-state index in [-0.39, 0.29) is 73.5 Å². The zero-order chi connectivity index (χ0) is 55.7. The molecule has 0 spiro atoms. The summed E-state index contributed by atoms with van der Waals surface area (Å²) in [5.41, 5.74) is 3.18. The van der Waals surface area contributed by atoms with Crippen molar-refractivity contribution < 1.29 is 67.4 Å². The minimum absolute atomic E-state index is 0.0269. The van der Waals surface area contributed by atoms with Gasteiger partial charge < -0.3 is 64.4 Å². The van der Waals surface area contributed by atoms with E-state index in [2.05, 4.69) is 20.9 Å². The van der Waals surface area contributed by atoms with Crippen LogP contribution in [0, 0.1) is 5.92 Å². The molecular weight excluding hydrogens is 995 g/mol. The number of benzene rings is 3. The van der Waals surface area contributed by atoms with Gasteiger partial charge in [0.1, 0.15) is 18.7 Å². The second-order valence-electron chi connectivity index (χ2n) is 20.6. The second kappa shape index (κ2) is 25.1. The fourth-order valence-corrected chi connectivity index (χ4v) is 9.19. The summed E-state index contributed by atoms with van der Waals surface area (Å²) >= 11 is 0. The predicted molar refractivity (Wildman–Crippen MR) is 285 cm³/mol. The molecule has 0 radical (unpaired) electrons. The van der Waals surface area contributed by atoms with E-state index in [0.717, 1.165) is 22.5 Å². The fourth-order valence-electron chi connectivity index (χ4n) is 9.19. The van der Waals surface area contributed by atoms with Crippen molar-refractivity contribution >= 4 is 58.9 Å². The maximum atomic E-state index is 14.2. The number of methoxy groups -OCH3 is 2. The average Bonchev–Trinajstić information content (AvgIpc) is 3.98. The van der Waals surface area contributed by atoms with Gasteiger partial charge in [0.2, 0.25) is 17.7 Å². The second-order valence-corrected chi connectivity index (χ2v) is 20.6. The van der Waals surface area contributed by atoms with Crippen molar-refractivity contribution in [3.05, 3.63) is 88.8 Å². The summed E-state index contributed by atoms with van der Waals surface area (Å²) in [6.45, 7) is 12.4. The third-order valence-corrected chi connectivity index (χ3v) is 13.5. The number of carbonyl (C=O) groups is 6. The number of ether oxygens (including phenoxy) is 6. The Morgan fingerprint density at radius 3 is 2.05 bits per heavy atom. The highest BCUT2D eigenvalue weighted by molar-refractivity contribution is 6.07. The van der Waals surface area contributed by atoms with Gasteiger partial charge in [-0.15, -0.1) is 0 Å². The van der Waals surface area contributed by atoms with E-state index in [0.29, 0.717) is 66.3 Å². The van der Waals surface area contributed by atoms with Crippen LogP contribution in [0.25, 0.3) is 0 Å². The van der Waals surface area contributed by atoms with Gasteiger partial charge in [0.15, 0.2) is 29.2 Å². The number of unbranched alkanes of at least 4 members (excludes halogenated alkanes) is 2. The molecule has 3 aromatic rings. The Balaban J connectivity index is 0.939. The van der Waals surface area contributed by atoms with Crippen molar-refractivity contribution in [2.75, 3.05) is 50.9 Å². The summed E-state index contributed by atoms with van der Waals surface area (Å²) in [7, 11) is 2.97. The number of fused-ring (bicyclic) bond motifs is 4. The summed E-state index contributed by atoms with van der Waals surface area (Å²) < 4.78 is 34.9. The number of aliphatic hydroxyl groups excluding tert-OH is 2. The van der Waals surface area contributed by atoms with Gasteiger partial charge in [-0.2, -0.15) is 0 Å². The summed E-state index contributed by atoms with van der Waals surface area (Å²) in [6.07, 6.45) is 5.84. The van der Waals surface area contributed by atoms with Gasteiger partial charge in [-0.05, 0) is 102 Å². The van der Waals surface area contributed by atoms with E-state index in [1.54, 1.807) is 81.4 Å². The van der Waals surface area contributed by atoms with Crippen molar-refractivity contribution in [2.45, 2.75) is 130 Å². The Bertz CT molecular complexity index is 2790. The van der Waals surface area contributed by atoms with Crippen LogP contribution in [0.5, 0.6) is 23.0 Å². The monoisotopic (exact) mass is 1070 g/mol. The summed E-state index contributed by atoms with van der Waals surface area (Å²) in [5.74, 6) is -0.974. The lowest BCUT2D eigenvalue weighted by molar-refractivity contribution is -0.133. The Hall–Kier alpha value is -7.49. The molecule has 3 aromatic carbocycles. The van der Waals surface area contributed by atoms with Gasteiger partial charge in [-0.1, -0.05) is 37.1 Å². The maximum Gasteiger partial charge on any atom is 0.416 e. The lowest BCUT2D eigenvalue weighted by Gasteiger charge is -2.31. The molecule has 0 fully saturated rings. The fraction of sp³-hybridized carbons (Fsp3) is 0.482. The van der Waals surface area contributed by atoms with Gasteiger partial charge in [-0.3, -0.25) is 29.0 Å². The standard InChI is InChI=1S/C56H71N7O14/c1-32(2)49(60-48(65)17-20-77-56(6,7)31-64)51(67)58-35(5)50(66)59-37-15-13-36(14-16-37)30-76-55(71)63-42-26-47(45(73-9)24-40(42)53(69)62-29-34(4)22-43(62)54(63)70)75-19-12-10-11-18-74-46-25-41-39(23-44(46)72-8)52(68)61-28-33(3)21-38(61)27-57-41/h13-16,23-29,32,35,38,43,49,54,64,70H,10-12,17-22,30-31H2,1-9H3,(H,58,67)(H,59,66)(H,60,65). The van der Waals surface area contributed by atoms with Crippen molar-refractivity contribution in [2.24, 2.45) is 10.9 Å². The van der Waals surface area contributed by atoms with Crippen LogP contribution in [-0.4, -0.2) is 139 Å². The molecular formula is C56H71N7O14. The number of amides is 6. The average molecular weight is 1070 g/mol. The largest absolute Gasteiger partial charge is 0.493 e. The van der Waals surface area contributed by atoms with Gasteiger partial charge in [0, 0.05) is 36.4 Å². The van der Waals surface area contributed by atoms with Crippen LogP contribution in [0.2, 0.25) is 0 Å². The zero-order valence-corrected chi connectivity index (χ0v) is 45.2. The highest BCUT2D eigenvalue weighted by Gasteiger charge is 2.45. The Labute approximate surface area is 448 Å². The van der Waals surface area contributed by atoms with Crippen molar-refractivity contribution in [1.82, 2.24) is 20.4 Å². The number of rotatable bonds is 23. The molecule has 0 saturated heterocycles. The SMILES string of the molecule is COc1cc2c(cc1OCCCCCOc1cc3c(cc1OC)C(=O)N1C=C(C)CC1C(O)N3C(=O)OCc1ccc(NC(=O)C(C)NC(=O)C(NC(=O)CCOC(C)(C)CO)C(C)C)cc1)N=CC1CC(C)=CN1C2=O. The molecule has 4 aliphatic heterocycles. The minimum Gasteiger partial charge on any atom is -0.493 e. The van der Waals surface area contributed by atoms with E-state index in [1.807, 2.05) is 20.0 Å². The summed E-state index contributed by atoms with van der Waals surface area (Å²) in [5, 5.41) is 29.4. The summed E-state index contributed by atoms with van der Waals surface area (Å²) in [4.78, 5) is 89.5. The first-order valence-corrected chi connectivity index (χ1v) is 25.8. The first kappa shape index (κ1) is 57.2. The van der Waals surface area contributed by atoms with Crippen molar-refractivity contribution in [1.29, 1.82) is 0 Å². The number of anilines is 2. The van der Waals surface area contributed by atoms with E-state index in [1.165, 1.54) is 38.2 Å². The number of nitrogens with one attached hydrogen (secondary N) is 3. The molecule has 21 nitrogen and oxygen atoms in total. The molecule has 6 amide bonds. The molecule has 21 heteroatoms. The molecule has 5 atom stereocenters. The molecule has 0 aromatic heterocycles. The molecule has 5 unspecified atom stereocenters. The molecule has 0 aliphatic carbocycles. The first-order chi connectivity index (χ1) is 36.7. The zero-order valence-electron chi connectivity index (χ0n) is 45.2. The normalized spacial score (nSPS) is 18.4. The van der Waals surface area contributed by atoms with E-state index in [4.69, 9.17) is 28.4 Å². The maximum absolute atomic E-state index is 14.2. The van der Waals surface area contributed by atoms with Crippen LogP contribution in [0.15, 0.2) is 77.1 Å². The number of carbonyl (C=O) groups excluding carboxylic acids is 6. The molecule has 5 N–H and O–H groups in total. The molecule has 7 rings (SSSR count). The van der Waals surface area contributed by atoms with E-state index in [9.17, 15) is 39.0 Å². The van der Waals surface area contributed by atoms with Crippen LogP contribution in [0.1, 0.15) is 113 Å². The van der Waals surface area contributed by atoms with Gasteiger partial charge in [0.05, 0.1) is 87.3 Å². The molecule has 77 heavy (non-hydrogen) atoms. The van der Waals surface area contributed by atoms with Crippen molar-refractivity contribution in [3.8, 4) is 23.0 Å². The molecule has 4 aliphatic rings. The predicted octanol–water partition coefficient (Wildman–Crippen LogP) is 6.52. The molecule has 4 heterocycles. The Kier molecular flexibility index (Phi) is 18.7. The Morgan fingerprint density at radius 1 is 0.779 bits per heavy atom. The number of hydrogen-bond donors (Lipinski definition) is 5. The van der Waals surface area contributed by atoms with E-state index < -0.39 is 59.7 Å². The number of aliphatic imine (C=N–C) groups is 1. The van der Waals surface area contributed by atoms with Crippen LogP contribution >= 0.6 is 0 Å². The third kappa shape index (κ3) is 13.7. The Morgan fingerprint density at radius 2 is 1.40 bits per heavy atom.